The Bertz CT molecular complexity index is 604. The zero-order valence-electron chi connectivity index (χ0n) is 14.6. The molecule has 2 aliphatic carbocycles. The highest BCUT2D eigenvalue weighted by Gasteiger charge is 2.25. The highest BCUT2D eigenvalue weighted by molar-refractivity contribution is 5.97. The van der Waals surface area contributed by atoms with E-state index in [1.54, 1.807) is 7.11 Å². The van der Waals surface area contributed by atoms with E-state index in [1.165, 1.54) is 6.20 Å². The number of rotatable bonds is 6. The zero-order valence-corrected chi connectivity index (χ0v) is 14.6. The first-order valence-corrected chi connectivity index (χ1v) is 8.96. The van der Waals surface area contributed by atoms with Gasteiger partial charge in [-0.25, -0.2) is 4.98 Å². The smallest absolute Gasteiger partial charge is 0.254 e. The van der Waals surface area contributed by atoms with Gasteiger partial charge in [0.1, 0.15) is 5.82 Å². The largest absolute Gasteiger partial charge is 0.393 e. The molecule has 0 aliphatic heterocycles. The molecule has 0 radical (unpaired) electrons. The van der Waals surface area contributed by atoms with Gasteiger partial charge in [-0.05, 0) is 44.9 Å². The number of anilines is 2. The Morgan fingerprint density at radius 2 is 1.92 bits per heavy atom. The molecule has 8 heteroatoms. The molecule has 8 nitrogen and oxygen atoms in total. The van der Waals surface area contributed by atoms with Crippen molar-refractivity contribution in [1.82, 2.24) is 9.97 Å². The minimum absolute atomic E-state index is 0.152. The highest BCUT2D eigenvalue weighted by atomic mass is 16.5. The fourth-order valence-electron chi connectivity index (χ4n) is 3.65. The van der Waals surface area contributed by atoms with Gasteiger partial charge in [-0.1, -0.05) is 0 Å². The minimum Gasteiger partial charge on any atom is -0.393 e. The Kier molecular flexibility index (Phi) is 5.70. The maximum Gasteiger partial charge on any atom is 0.254 e. The first kappa shape index (κ1) is 17.9. The van der Waals surface area contributed by atoms with E-state index in [0.717, 1.165) is 38.5 Å². The van der Waals surface area contributed by atoms with E-state index in [-0.39, 0.29) is 18.2 Å². The van der Waals surface area contributed by atoms with Crippen LogP contribution in [0.25, 0.3) is 0 Å². The van der Waals surface area contributed by atoms with Crippen molar-refractivity contribution in [3.8, 4) is 0 Å². The van der Waals surface area contributed by atoms with Gasteiger partial charge in [0.25, 0.3) is 5.91 Å². The molecule has 2 saturated carbocycles. The molecule has 1 aromatic heterocycles. The van der Waals surface area contributed by atoms with E-state index in [1.807, 2.05) is 0 Å². The fourth-order valence-corrected chi connectivity index (χ4v) is 3.65. The molecule has 1 aromatic rings. The number of primary amides is 1. The number of carbonyl (C=O) groups excluding carboxylic acids is 1. The van der Waals surface area contributed by atoms with Gasteiger partial charge in [0.2, 0.25) is 5.95 Å². The van der Waals surface area contributed by atoms with Crippen molar-refractivity contribution in [3.63, 3.8) is 0 Å². The maximum absolute atomic E-state index is 11.7. The fraction of sp³-hybridized carbons (Fsp3) is 0.706. The van der Waals surface area contributed by atoms with Crippen LogP contribution in [0.2, 0.25) is 0 Å². The number of methoxy groups -OCH3 is 1. The molecule has 1 amide bonds. The van der Waals surface area contributed by atoms with E-state index in [9.17, 15) is 9.90 Å². The summed E-state index contributed by atoms with van der Waals surface area (Å²) in [4.78, 5) is 20.4. The van der Waals surface area contributed by atoms with E-state index in [2.05, 4.69) is 20.6 Å². The van der Waals surface area contributed by atoms with Crippen molar-refractivity contribution in [2.45, 2.75) is 69.2 Å². The average molecular weight is 349 g/mol. The lowest BCUT2D eigenvalue weighted by Gasteiger charge is -2.29. The predicted octanol–water partition coefficient (Wildman–Crippen LogP) is 1.27. The summed E-state index contributed by atoms with van der Waals surface area (Å²) in [7, 11) is 1.74. The van der Waals surface area contributed by atoms with Crippen LogP contribution >= 0.6 is 0 Å². The molecule has 25 heavy (non-hydrogen) atoms. The Morgan fingerprint density at radius 3 is 2.52 bits per heavy atom. The van der Waals surface area contributed by atoms with E-state index in [4.69, 9.17) is 10.5 Å². The first-order chi connectivity index (χ1) is 12.0. The van der Waals surface area contributed by atoms with Crippen LogP contribution in [0.4, 0.5) is 11.8 Å². The second-order valence-corrected chi connectivity index (χ2v) is 6.98. The van der Waals surface area contributed by atoms with Gasteiger partial charge in [-0.2, -0.15) is 4.98 Å². The Labute approximate surface area is 147 Å². The number of aliphatic hydroxyl groups is 1. The van der Waals surface area contributed by atoms with Crippen LogP contribution in [-0.4, -0.2) is 52.4 Å². The Hall–Kier alpha value is -1.93. The van der Waals surface area contributed by atoms with Crippen molar-refractivity contribution >= 4 is 17.7 Å². The van der Waals surface area contributed by atoms with Crippen LogP contribution in [0.15, 0.2) is 6.20 Å². The van der Waals surface area contributed by atoms with Crippen molar-refractivity contribution in [1.29, 1.82) is 0 Å². The van der Waals surface area contributed by atoms with Gasteiger partial charge in [0.15, 0.2) is 0 Å². The number of nitrogens with zero attached hydrogens (tertiary/aromatic N) is 2. The molecule has 3 rings (SSSR count). The summed E-state index contributed by atoms with van der Waals surface area (Å²) >= 11 is 0. The van der Waals surface area contributed by atoms with E-state index < -0.39 is 5.91 Å². The maximum atomic E-state index is 11.7. The molecule has 2 atom stereocenters. The van der Waals surface area contributed by atoms with Gasteiger partial charge in [-0.15, -0.1) is 0 Å². The number of nitrogens with one attached hydrogen (secondary N) is 2. The number of ether oxygens (including phenoxy) is 1. The molecule has 5 N–H and O–H groups in total. The zero-order chi connectivity index (χ0) is 17.8. The second-order valence-electron chi connectivity index (χ2n) is 6.98. The van der Waals surface area contributed by atoms with E-state index >= 15 is 0 Å². The molecule has 0 saturated heterocycles. The molecule has 2 aliphatic rings. The predicted molar refractivity (Wildman–Crippen MR) is 94.5 cm³/mol. The third kappa shape index (κ3) is 4.58. The average Bonchev–Trinajstić information content (AvgIpc) is 3.00. The SMILES string of the molecule is COC1CCC(Nc2nc(N[C@H]3CC[C@H](O)C3)ncc2C(N)=O)CC1. The third-order valence-electron chi connectivity index (χ3n) is 5.14. The summed E-state index contributed by atoms with van der Waals surface area (Å²) in [5, 5.41) is 16.2. The van der Waals surface area contributed by atoms with Crippen LogP contribution in [0.3, 0.4) is 0 Å². The number of nitrogens with two attached hydrogens (primary N) is 1. The molecular weight excluding hydrogens is 322 g/mol. The molecule has 0 aromatic carbocycles. The number of aromatic nitrogens is 2. The number of hydrogen-bond acceptors (Lipinski definition) is 7. The molecular formula is C17H27N5O3. The Balaban J connectivity index is 1.69. The summed E-state index contributed by atoms with van der Waals surface area (Å²) in [6.45, 7) is 0. The molecule has 138 valence electrons. The first-order valence-electron chi connectivity index (χ1n) is 8.96. The summed E-state index contributed by atoms with van der Waals surface area (Å²) in [6, 6.07) is 0.389. The van der Waals surface area contributed by atoms with Crippen LogP contribution in [-0.2, 0) is 4.74 Å². The van der Waals surface area contributed by atoms with Crippen molar-refractivity contribution < 1.29 is 14.6 Å². The summed E-state index contributed by atoms with van der Waals surface area (Å²) in [6.07, 6.45) is 7.73. The molecule has 0 bridgehead atoms. The van der Waals surface area contributed by atoms with Crippen molar-refractivity contribution in [3.05, 3.63) is 11.8 Å². The van der Waals surface area contributed by atoms with Gasteiger partial charge in [0.05, 0.1) is 17.8 Å². The number of carbonyl (C=O) groups is 1. The quantitative estimate of drug-likeness (QED) is 0.610. The van der Waals surface area contributed by atoms with Crippen LogP contribution < -0.4 is 16.4 Å². The van der Waals surface area contributed by atoms with Crippen LogP contribution in [0.5, 0.6) is 0 Å². The normalized spacial score (nSPS) is 29.4. The lowest BCUT2D eigenvalue weighted by atomic mass is 9.93. The minimum atomic E-state index is -0.545. The number of aliphatic hydroxyl groups excluding tert-OH is 1. The monoisotopic (exact) mass is 349 g/mol. The topological polar surface area (TPSA) is 122 Å². The van der Waals surface area contributed by atoms with Crippen LogP contribution in [0, 0.1) is 0 Å². The molecule has 2 fully saturated rings. The van der Waals surface area contributed by atoms with Gasteiger partial charge < -0.3 is 26.2 Å². The molecule has 0 unspecified atom stereocenters. The number of amides is 1. The summed E-state index contributed by atoms with van der Waals surface area (Å²) in [5.74, 6) is 0.387. The lowest BCUT2D eigenvalue weighted by Crippen LogP contribution is -2.31. The summed E-state index contributed by atoms with van der Waals surface area (Å²) in [5.41, 5.74) is 5.76. The summed E-state index contributed by atoms with van der Waals surface area (Å²) < 4.78 is 5.40. The van der Waals surface area contributed by atoms with Crippen molar-refractivity contribution in [2.24, 2.45) is 5.73 Å². The lowest BCUT2D eigenvalue weighted by molar-refractivity contribution is 0.0681. The Morgan fingerprint density at radius 1 is 1.20 bits per heavy atom. The van der Waals surface area contributed by atoms with Gasteiger partial charge in [0, 0.05) is 25.4 Å². The standard InChI is InChI=1S/C17H27N5O3/c1-25-13-6-3-10(4-7-13)20-16-14(15(18)24)9-19-17(22-16)21-11-2-5-12(23)8-11/h9-13,23H,2-8H2,1H3,(H2,18,24)(H2,19,20,21,22)/t10?,11-,12-,13?/m0/s1. The second kappa shape index (κ2) is 7.97. The van der Waals surface area contributed by atoms with Crippen LogP contribution in [0.1, 0.15) is 55.3 Å². The third-order valence-corrected chi connectivity index (χ3v) is 5.14. The van der Waals surface area contributed by atoms with E-state index in [0.29, 0.717) is 29.9 Å². The highest BCUT2D eigenvalue weighted by Crippen LogP contribution is 2.26. The van der Waals surface area contributed by atoms with Gasteiger partial charge in [-0.3, -0.25) is 4.79 Å². The molecule has 1 heterocycles. The van der Waals surface area contributed by atoms with Gasteiger partial charge >= 0.3 is 0 Å². The van der Waals surface area contributed by atoms with Crippen molar-refractivity contribution in [2.75, 3.05) is 17.7 Å². The number of hydrogen-bond donors (Lipinski definition) is 4. The molecule has 0 spiro atoms.